The minimum absolute atomic E-state index is 0.250. The summed E-state index contributed by atoms with van der Waals surface area (Å²) in [5.41, 5.74) is 0.943. The van der Waals surface area contributed by atoms with Crippen LogP contribution < -0.4 is 10.1 Å². The van der Waals surface area contributed by atoms with E-state index in [1.807, 2.05) is 0 Å². The molecule has 1 atom stereocenters. The molecule has 1 N–H and O–H groups in total. The first-order valence-corrected chi connectivity index (χ1v) is 7.91. The summed E-state index contributed by atoms with van der Waals surface area (Å²) < 4.78 is 5.34. The van der Waals surface area contributed by atoms with Crippen molar-refractivity contribution in [3.05, 3.63) is 18.1 Å². The van der Waals surface area contributed by atoms with Gasteiger partial charge in [-0.05, 0) is 19.4 Å². The van der Waals surface area contributed by atoms with Crippen molar-refractivity contribution in [2.24, 2.45) is 0 Å². The zero-order valence-electron chi connectivity index (χ0n) is 13.2. The quantitative estimate of drug-likeness (QED) is 0.624. The van der Waals surface area contributed by atoms with Crippen LogP contribution in [-0.4, -0.2) is 23.6 Å². The van der Waals surface area contributed by atoms with E-state index in [0.29, 0.717) is 5.88 Å². The second kappa shape index (κ2) is 10.6. The van der Waals surface area contributed by atoms with E-state index >= 15 is 0 Å². The van der Waals surface area contributed by atoms with Gasteiger partial charge >= 0.3 is 0 Å². The Morgan fingerprint density at radius 1 is 1.05 bits per heavy atom. The molecule has 0 amide bonds. The minimum atomic E-state index is 0.250. The van der Waals surface area contributed by atoms with Gasteiger partial charge in [0.05, 0.1) is 13.2 Å². The van der Waals surface area contributed by atoms with Crippen LogP contribution in [0.15, 0.2) is 12.4 Å². The third-order valence-corrected chi connectivity index (χ3v) is 3.45. The van der Waals surface area contributed by atoms with Crippen molar-refractivity contribution in [3.63, 3.8) is 0 Å². The number of hydrogen-bond donors (Lipinski definition) is 1. The normalized spacial score (nSPS) is 12.3. The number of hydrogen-bond acceptors (Lipinski definition) is 4. The average molecular weight is 279 g/mol. The fourth-order valence-electron chi connectivity index (χ4n) is 2.34. The van der Waals surface area contributed by atoms with E-state index in [4.69, 9.17) is 4.74 Å². The summed E-state index contributed by atoms with van der Waals surface area (Å²) in [5.74, 6) is 0.648. The summed E-state index contributed by atoms with van der Waals surface area (Å²) >= 11 is 0. The molecule has 0 fully saturated rings. The molecule has 4 heteroatoms. The second-order valence-electron chi connectivity index (χ2n) is 5.16. The molecule has 0 saturated carbocycles. The molecule has 0 radical (unpaired) electrons. The standard InChI is InChI=1S/C16H29N3O/c1-4-6-7-8-9-10-14(17-11-5-2)15-16(20-3)19-13-12-18-15/h12-14,17H,4-11H2,1-3H3. The van der Waals surface area contributed by atoms with Crippen molar-refractivity contribution in [1.29, 1.82) is 0 Å². The zero-order chi connectivity index (χ0) is 14.6. The van der Waals surface area contributed by atoms with Gasteiger partial charge in [0.2, 0.25) is 5.88 Å². The number of ether oxygens (including phenoxy) is 1. The first-order chi connectivity index (χ1) is 9.83. The van der Waals surface area contributed by atoms with E-state index in [2.05, 4.69) is 29.1 Å². The maximum atomic E-state index is 5.34. The summed E-state index contributed by atoms with van der Waals surface area (Å²) in [4.78, 5) is 8.73. The van der Waals surface area contributed by atoms with Gasteiger partial charge in [0, 0.05) is 12.4 Å². The Hall–Kier alpha value is -1.16. The summed E-state index contributed by atoms with van der Waals surface area (Å²) in [6.07, 6.45) is 12.1. The van der Waals surface area contributed by atoms with Crippen LogP contribution in [0.2, 0.25) is 0 Å². The highest BCUT2D eigenvalue weighted by Crippen LogP contribution is 2.24. The van der Waals surface area contributed by atoms with Crippen LogP contribution in [-0.2, 0) is 0 Å². The smallest absolute Gasteiger partial charge is 0.236 e. The molecule has 0 aliphatic heterocycles. The topological polar surface area (TPSA) is 47.0 Å². The van der Waals surface area contributed by atoms with Crippen LogP contribution in [0.3, 0.4) is 0 Å². The summed E-state index contributed by atoms with van der Waals surface area (Å²) in [6, 6.07) is 0.250. The Balaban J connectivity index is 2.58. The number of rotatable bonds is 11. The van der Waals surface area contributed by atoms with Crippen molar-refractivity contribution < 1.29 is 4.74 Å². The van der Waals surface area contributed by atoms with E-state index in [9.17, 15) is 0 Å². The predicted molar refractivity (Wildman–Crippen MR) is 83.0 cm³/mol. The fourth-order valence-corrected chi connectivity index (χ4v) is 2.34. The Morgan fingerprint density at radius 2 is 1.80 bits per heavy atom. The van der Waals surface area contributed by atoms with Crippen molar-refractivity contribution in [1.82, 2.24) is 15.3 Å². The third-order valence-electron chi connectivity index (χ3n) is 3.45. The molecule has 0 spiro atoms. The molecule has 0 aliphatic rings. The SMILES string of the molecule is CCCCCCCC(NCCC)c1nccnc1OC. The molecule has 1 rings (SSSR count). The molecular formula is C16H29N3O. The highest BCUT2D eigenvalue weighted by atomic mass is 16.5. The monoisotopic (exact) mass is 279 g/mol. The highest BCUT2D eigenvalue weighted by molar-refractivity contribution is 5.21. The Kier molecular flexibility index (Phi) is 8.96. The lowest BCUT2D eigenvalue weighted by atomic mass is 10.0. The van der Waals surface area contributed by atoms with E-state index in [0.717, 1.165) is 25.1 Å². The lowest BCUT2D eigenvalue weighted by molar-refractivity contribution is 0.370. The van der Waals surface area contributed by atoms with E-state index in [-0.39, 0.29) is 6.04 Å². The molecule has 4 nitrogen and oxygen atoms in total. The Morgan fingerprint density at radius 3 is 2.50 bits per heavy atom. The fraction of sp³-hybridized carbons (Fsp3) is 0.750. The third kappa shape index (κ3) is 5.87. The minimum Gasteiger partial charge on any atom is -0.480 e. The van der Waals surface area contributed by atoms with Gasteiger partial charge in [-0.15, -0.1) is 0 Å². The van der Waals surface area contributed by atoms with Crippen LogP contribution in [0.5, 0.6) is 5.88 Å². The predicted octanol–water partition coefficient (Wildman–Crippen LogP) is 3.89. The molecule has 1 unspecified atom stereocenters. The van der Waals surface area contributed by atoms with E-state index in [1.54, 1.807) is 19.5 Å². The van der Waals surface area contributed by atoms with Crippen LogP contribution in [0.4, 0.5) is 0 Å². The first kappa shape index (κ1) is 16.9. The molecular weight excluding hydrogens is 250 g/mol. The van der Waals surface area contributed by atoms with Crippen LogP contribution in [0.1, 0.15) is 70.5 Å². The Labute approximate surface area is 123 Å². The lowest BCUT2D eigenvalue weighted by Gasteiger charge is -2.19. The van der Waals surface area contributed by atoms with Gasteiger partial charge in [-0.2, -0.15) is 0 Å². The zero-order valence-corrected chi connectivity index (χ0v) is 13.2. The van der Waals surface area contributed by atoms with Gasteiger partial charge in [0.15, 0.2) is 0 Å². The van der Waals surface area contributed by atoms with Gasteiger partial charge in [0.1, 0.15) is 5.69 Å². The van der Waals surface area contributed by atoms with Gasteiger partial charge in [-0.3, -0.25) is 4.98 Å². The molecule has 114 valence electrons. The van der Waals surface area contributed by atoms with Crippen molar-refractivity contribution >= 4 is 0 Å². The maximum absolute atomic E-state index is 5.34. The number of methoxy groups -OCH3 is 1. The van der Waals surface area contributed by atoms with Gasteiger partial charge in [0.25, 0.3) is 0 Å². The maximum Gasteiger partial charge on any atom is 0.236 e. The molecule has 0 bridgehead atoms. The number of nitrogens with one attached hydrogen (secondary N) is 1. The van der Waals surface area contributed by atoms with Crippen molar-refractivity contribution in [3.8, 4) is 5.88 Å². The number of nitrogens with zero attached hydrogens (tertiary/aromatic N) is 2. The lowest BCUT2D eigenvalue weighted by Crippen LogP contribution is -2.24. The van der Waals surface area contributed by atoms with Crippen molar-refractivity contribution in [2.45, 2.75) is 64.8 Å². The number of aromatic nitrogens is 2. The van der Waals surface area contributed by atoms with Crippen LogP contribution >= 0.6 is 0 Å². The number of unbranched alkanes of at least 4 members (excludes halogenated alkanes) is 4. The summed E-state index contributed by atoms with van der Waals surface area (Å²) in [6.45, 7) is 5.43. The average Bonchev–Trinajstić information content (AvgIpc) is 2.50. The molecule has 20 heavy (non-hydrogen) atoms. The van der Waals surface area contributed by atoms with Crippen molar-refractivity contribution in [2.75, 3.05) is 13.7 Å². The van der Waals surface area contributed by atoms with Gasteiger partial charge in [-0.1, -0.05) is 46.0 Å². The molecule has 0 saturated heterocycles. The largest absolute Gasteiger partial charge is 0.480 e. The molecule has 1 heterocycles. The van der Waals surface area contributed by atoms with E-state index < -0.39 is 0 Å². The summed E-state index contributed by atoms with van der Waals surface area (Å²) in [5, 5.41) is 3.57. The first-order valence-electron chi connectivity index (χ1n) is 7.91. The molecule has 1 aromatic heterocycles. The van der Waals surface area contributed by atoms with Crippen LogP contribution in [0, 0.1) is 0 Å². The van der Waals surface area contributed by atoms with E-state index in [1.165, 1.54) is 32.1 Å². The summed E-state index contributed by atoms with van der Waals surface area (Å²) in [7, 11) is 1.66. The van der Waals surface area contributed by atoms with Gasteiger partial charge < -0.3 is 10.1 Å². The second-order valence-corrected chi connectivity index (χ2v) is 5.16. The Bertz CT molecular complexity index is 357. The highest BCUT2D eigenvalue weighted by Gasteiger charge is 2.17. The molecule has 0 aromatic carbocycles. The van der Waals surface area contributed by atoms with Gasteiger partial charge in [-0.25, -0.2) is 4.98 Å². The molecule has 1 aromatic rings. The van der Waals surface area contributed by atoms with Crippen LogP contribution in [0.25, 0.3) is 0 Å². The molecule has 0 aliphatic carbocycles.